The lowest BCUT2D eigenvalue weighted by molar-refractivity contribution is 0.0929. The third kappa shape index (κ3) is 3.85. The number of anilines is 1. The molecule has 0 bridgehead atoms. The number of hydrogen-bond donors (Lipinski definition) is 1. The fraction of sp³-hybridized carbons (Fsp3) is 0.167. The van der Waals surface area contributed by atoms with Crippen LogP contribution in [-0.4, -0.2) is 25.2 Å². The van der Waals surface area contributed by atoms with E-state index in [9.17, 15) is 4.79 Å². The van der Waals surface area contributed by atoms with Crippen LogP contribution in [0.3, 0.4) is 0 Å². The quantitative estimate of drug-likeness (QED) is 0.367. The molecule has 0 aliphatic heterocycles. The number of fused-ring (bicyclic) bond motifs is 3. The number of nitrogens with zero attached hydrogens (tertiary/aromatic N) is 2. The van der Waals surface area contributed by atoms with E-state index in [0.29, 0.717) is 5.58 Å². The standard InChI is InChI=1S/C24H23N3O2/c1-3-27(4-2)19-12-9-17(10-13-19)16-25-26-24(28)23-15-21-20-8-6-5-7-18(20)11-14-22(21)29-23/h5-16H,3-4H2,1-2H3,(H,26,28)/b25-16+. The largest absolute Gasteiger partial charge is 0.451 e. The number of carbonyl (C=O) groups is 1. The van der Waals surface area contributed by atoms with Gasteiger partial charge >= 0.3 is 5.91 Å². The summed E-state index contributed by atoms with van der Waals surface area (Å²) in [4.78, 5) is 14.7. The summed E-state index contributed by atoms with van der Waals surface area (Å²) in [7, 11) is 0. The van der Waals surface area contributed by atoms with Crippen molar-refractivity contribution < 1.29 is 9.21 Å². The van der Waals surface area contributed by atoms with Crippen LogP contribution in [0.25, 0.3) is 21.7 Å². The highest BCUT2D eigenvalue weighted by molar-refractivity contribution is 6.08. The number of hydrazone groups is 1. The lowest BCUT2D eigenvalue weighted by Crippen LogP contribution is -2.21. The van der Waals surface area contributed by atoms with Crippen molar-refractivity contribution in [3.63, 3.8) is 0 Å². The zero-order chi connectivity index (χ0) is 20.2. The maximum Gasteiger partial charge on any atom is 0.307 e. The molecule has 1 heterocycles. The lowest BCUT2D eigenvalue weighted by atomic mass is 10.1. The van der Waals surface area contributed by atoms with E-state index in [-0.39, 0.29) is 11.7 Å². The highest BCUT2D eigenvalue weighted by atomic mass is 16.3. The average molecular weight is 385 g/mol. The van der Waals surface area contributed by atoms with Crippen LogP contribution >= 0.6 is 0 Å². The summed E-state index contributed by atoms with van der Waals surface area (Å²) in [6, 6.07) is 21.7. The molecule has 3 aromatic carbocycles. The van der Waals surface area contributed by atoms with Gasteiger partial charge in [-0.15, -0.1) is 0 Å². The number of furan rings is 1. The number of rotatable bonds is 6. The monoisotopic (exact) mass is 385 g/mol. The lowest BCUT2D eigenvalue weighted by Gasteiger charge is -2.20. The van der Waals surface area contributed by atoms with Crippen molar-refractivity contribution in [2.75, 3.05) is 18.0 Å². The van der Waals surface area contributed by atoms with E-state index in [1.165, 1.54) is 5.69 Å². The minimum atomic E-state index is -0.374. The third-order valence-corrected chi connectivity index (χ3v) is 5.05. The van der Waals surface area contributed by atoms with Crippen molar-refractivity contribution in [2.45, 2.75) is 13.8 Å². The van der Waals surface area contributed by atoms with Crippen LogP contribution in [0, 0.1) is 0 Å². The number of nitrogens with one attached hydrogen (secondary N) is 1. The zero-order valence-corrected chi connectivity index (χ0v) is 16.6. The van der Waals surface area contributed by atoms with Gasteiger partial charge in [-0.05, 0) is 54.4 Å². The van der Waals surface area contributed by atoms with Crippen molar-refractivity contribution in [1.82, 2.24) is 5.43 Å². The Kier molecular flexibility index (Phi) is 5.29. The third-order valence-electron chi connectivity index (χ3n) is 5.05. The van der Waals surface area contributed by atoms with Crippen LogP contribution < -0.4 is 10.3 Å². The molecule has 5 heteroatoms. The van der Waals surface area contributed by atoms with Gasteiger partial charge < -0.3 is 9.32 Å². The Hall–Kier alpha value is -3.60. The van der Waals surface area contributed by atoms with Crippen molar-refractivity contribution in [3.8, 4) is 0 Å². The minimum Gasteiger partial charge on any atom is -0.451 e. The molecule has 0 aliphatic carbocycles. The number of benzene rings is 3. The molecule has 0 radical (unpaired) electrons. The molecule has 29 heavy (non-hydrogen) atoms. The fourth-order valence-corrected chi connectivity index (χ4v) is 3.48. The Morgan fingerprint density at radius 3 is 2.52 bits per heavy atom. The van der Waals surface area contributed by atoms with E-state index in [0.717, 1.165) is 34.8 Å². The Balaban J connectivity index is 1.47. The Morgan fingerprint density at radius 1 is 1.00 bits per heavy atom. The molecule has 5 nitrogen and oxygen atoms in total. The second-order valence-electron chi connectivity index (χ2n) is 6.77. The Morgan fingerprint density at radius 2 is 1.76 bits per heavy atom. The first kappa shape index (κ1) is 18.7. The van der Waals surface area contributed by atoms with Crippen LogP contribution in [0.5, 0.6) is 0 Å². The number of amides is 1. The van der Waals surface area contributed by atoms with E-state index in [1.54, 1.807) is 12.3 Å². The Labute approximate surface area is 169 Å². The molecule has 1 amide bonds. The van der Waals surface area contributed by atoms with Crippen molar-refractivity contribution in [3.05, 3.63) is 78.1 Å². The SMILES string of the molecule is CCN(CC)c1ccc(/C=N/NC(=O)c2cc3c(ccc4ccccc43)o2)cc1. The first-order valence-electron chi connectivity index (χ1n) is 9.79. The highest BCUT2D eigenvalue weighted by Gasteiger charge is 2.13. The topological polar surface area (TPSA) is 57.8 Å². The van der Waals surface area contributed by atoms with Gasteiger partial charge in [-0.3, -0.25) is 4.79 Å². The van der Waals surface area contributed by atoms with Gasteiger partial charge in [0.15, 0.2) is 5.76 Å². The minimum absolute atomic E-state index is 0.241. The maximum atomic E-state index is 12.4. The van der Waals surface area contributed by atoms with E-state index in [1.807, 2.05) is 48.5 Å². The molecule has 1 N–H and O–H groups in total. The summed E-state index contributed by atoms with van der Waals surface area (Å²) in [5, 5.41) is 7.16. The molecule has 0 spiro atoms. The Bertz CT molecular complexity index is 1170. The van der Waals surface area contributed by atoms with E-state index in [4.69, 9.17) is 4.42 Å². The van der Waals surface area contributed by atoms with E-state index < -0.39 is 0 Å². The van der Waals surface area contributed by atoms with Crippen LogP contribution in [0.2, 0.25) is 0 Å². The first-order chi connectivity index (χ1) is 14.2. The van der Waals surface area contributed by atoms with E-state index >= 15 is 0 Å². The predicted molar refractivity (Wildman–Crippen MR) is 119 cm³/mol. The molecule has 0 saturated heterocycles. The van der Waals surface area contributed by atoms with Crippen LogP contribution in [0.15, 0.2) is 76.2 Å². The molecule has 0 atom stereocenters. The molecule has 0 fully saturated rings. The summed E-state index contributed by atoms with van der Waals surface area (Å²) < 4.78 is 5.72. The van der Waals surface area contributed by atoms with Crippen molar-refractivity contribution >= 4 is 39.6 Å². The smallest absolute Gasteiger partial charge is 0.307 e. The zero-order valence-electron chi connectivity index (χ0n) is 16.6. The number of hydrogen-bond acceptors (Lipinski definition) is 4. The van der Waals surface area contributed by atoms with Gasteiger partial charge in [0, 0.05) is 24.2 Å². The second kappa shape index (κ2) is 8.19. The summed E-state index contributed by atoms with van der Waals surface area (Å²) in [6.07, 6.45) is 1.63. The van der Waals surface area contributed by atoms with Crippen LogP contribution in [-0.2, 0) is 0 Å². The second-order valence-corrected chi connectivity index (χ2v) is 6.77. The van der Waals surface area contributed by atoms with Crippen LogP contribution in [0.4, 0.5) is 5.69 Å². The average Bonchev–Trinajstić information content (AvgIpc) is 3.21. The molecule has 0 unspecified atom stereocenters. The fourth-order valence-electron chi connectivity index (χ4n) is 3.48. The molecule has 146 valence electrons. The maximum absolute atomic E-state index is 12.4. The van der Waals surface area contributed by atoms with Crippen LogP contribution in [0.1, 0.15) is 30.0 Å². The molecule has 0 aliphatic rings. The predicted octanol–water partition coefficient (Wildman–Crippen LogP) is 5.20. The summed E-state index contributed by atoms with van der Waals surface area (Å²) in [5.74, 6) is -0.133. The van der Waals surface area contributed by atoms with Gasteiger partial charge in [-0.1, -0.05) is 42.5 Å². The molecule has 4 rings (SSSR count). The highest BCUT2D eigenvalue weighted by Crippen LogP contribution is 2.28. The summed E-state index contributed by atoms with van der Waals surface area (Å²) >= 11 is 0. The molecular weight excluding hydrogens is 362 g/mol. The van der Waals surface area contributed by atoms with E-state index in [2.05, 4.69) is 41.4 Å². The van der Waals surface area contributed by atoms with Gasteiger partial charge in [0.25, 0.3) is 0 Å². The molecular formula is C24H23N3O2. The molecule has 0 saturated carbocycles. The molecule has 1 aromatic heterocycles. The van der Waals surface area contributed by atoms with Gasteiger partial charge in [-0.2, -0.15) is 5.10 Å². The van der Waals surface area contributed by atoms with Crippen molar-refractivity contribution in [2.24, 2.45) is 5.10 Å². The van der Waals surface area contributed by atoms with Gasteiger partial charge in [0.05, 0.1) is 6.21 Å². The van der Waals surface area contributed by atoms with Gasteiger partial charge in [-0.25, -0.2) is 5.43 Å². The number of carbonyl (C=O) groups excluding carboxylic acids is 1. The summed E-state index contributed by atoms with van der Waals surface area (Å²) in [6.45, 7) is 6.20. The summed E-state index contributed by atoms with van der Waals surface area (Å²) in [5.41, 5.74) is 5.31. The first-order valence-corrected chi connectivity index (χ1v) is 9.79. The molecule has 4 aromatic rings. The van der Waals surface area contributed by atoms with Gasteiger partial charge in [0.2, 0.25) is 0 Å². The van der Waals surface area contributed by atoms with Gasteiger partial charge in [0.1, 0.15) is 5.58 Å². The normalized spacial score (nSPS) is 11.4. The van der Waals surface area contributed by atoms with Crippen molar-refractivity contribution in [1.29, 1.82) is 0 Å².